The Labute approximate surface area is 62.8 Å². The summed E-state index contributed by atoms with van der Waals surface area (Å²) in [6.45, 7) is 6.11. The van der Waals surface area contributed by atoms with Crippen molar-refractivity contribution >= 4 is 21.7 Å². The first kappa shape index (κ1) is 15.8. The van der Waals surface area contributed by atoms with Crippen LogP contribution in [0.4, 0.5) is 0 Å². The Morgan fingerprint density at radius 3 is 0.889 bits per heavy atom. The molecule has 2 nitrogen and oxygen atoms in total. The van der Waals surface area contributed by atoms with Crippen LogP contribution >= 0.6 is 0 Å². The van der Waals surface area contributed by atoms with Crippen molar-refractivity contribution in [2.45, 2.75) is 27.7 Å². The molecule has 0 aliphatic heterocycles. The molecular formula is C6H14BeO2. The third-order valence-electron chi connectivity index (χ3n) is 0. The molecule has 0 aliphatic carbocycles. The minimum atomic E-state index is 0. The van der Waals surface area contributed by atoms with Crippen molar-refractivity contribution in [3.8, 4) is 0 Å². The number of hydrogen-bond acceptors (Lipinski definition) is 2. The van der Waals surface area contributed by atoms with Gasteiger partial charge in [-0.1, -0.05) is 0 Å². The van der Waals surface area contributed by atoms with E-state index in [-0.39, 0.29) is 24.5 Å². The molecule has 0 rings (SSSR count). The second-order valence-corrected chi connectivity index (χ2v) is 1.82. The summed E-state index contributed by atoms with van der Waals surface area (Å²) in [6.07, 6.45) is 0. The molecule has 0 aromatic rings. The molecule has 0 radical (unpaired) electrons. The monoisotopic (exact) mass is 127 g/mol. The molecule has 0 saturated heterocycles. The quantitative estimate of drug-likeness (QED) is 0.455. The summed E-state index contributed by atoms with van der Waals surface area (Å²) < 4.78 is 0. The van der Waals surface area contributed by atoms with Gasteiger partial charge in [0.05, 0.1) is 0 Å². The maximum atomic E-state index is 9.44. The van der Waals surface area contributed by atoms with Crippen LogP contribution in [-0.2, 0) is 9.59 Å². The minimum absolute atomic E-state index is 0. The van der Waals surface area contributed by atoms with Gasteiger partial charge in [0.15, 0.2) is 0 Å². The average molecular weight is 127 g/mol. The molecule has 0 fully saturated rings. The van der Waals surface area contributed by atoms with Crippen molar-refractivity contribution in [2.24, 2.45) is 0 Å². The van der Waals surface area contributed by atoms with Crippen LogP contribution in [0.2, 0.25) is 0 Å². The first-order chi connectivity index (χ1) is 3.46. The number of carbonyl (C=O) groups excluding carboxylic acids is 2. The molecule has 0 unspecified atom stereocenters. The van der Waals surface area contributed by atoms with Gasteiger partial charge in [-0.05, 0) is 27.7 Å². The molecule has 0 aromatic carbocycles. The van der Waals surface area contributed by atoms with Crippen LogP contribution in [-0.4, -0.2) is 21.7 Å². The second kappa shape index (κ2) is 10.5. The Morgan fingerprint density at radius 1 is 0.889 bits per heavy atom. The largest absolute Gasteiger partial charge is 2.00 e. The topological polar surface area (TPSA) is 34.1 Å². The third kappa shape index (κ3) is 945. The van der Waals surface area contributed by atoms with Gasteiger partial charge >= 0.3 is 10.1 Å². The fourth-order valence-corrected chi connectivity index (χ4v) is 0. The van der Waals surface area contributed by atoms with E-state index in [4.69, 9.17) is 0 Å². The van der Waals surface area contributed by atoms with Crippen molar-refractivity contribution in [3.63, 3.8) is 0 Å². The molecule has 0 saturated carbocycles. The smallest absolute Gasteiger partial charge is 1.00 e. The maximum Gasteiger partial charge on any atom is 2.00 e. The summed E-state index contributed by atoms with van der Waals surface area (Å²) in [6, 6.07) is 0. The number of ketones is 2. The summed E-state index contributed by atoms with van der Waals surface area (Å²) in [5, 5.41) is 0. The standard InChI is InChI=1S/2C3H6O.Be.2H/c2*1-3(2)4;;;/h2*1-2H3;;;/q;;+2;2*-1. The molecule has 0 heterocycles. The van der Waals surface area contributed by atoms with Gasteiger partial charge in [0.2, 0.25) is 0 Å². The van der Waals surface area contributed by atoms with Gasteiger partial charge in [-0.25, -0.2) is 0 Å². The zero-order valence-electron chi connectivity index (χ0n) is 8.52. The van der Waals surface area contributed by atoms with Crippen LogP contribution in [0, 0.1) is 0 Å². The van der Waals surface area contributed by atoms with Gasteiger partial charge in [-0.3, -0.25) is 0 Å². The van der Waals surface area contributed by atoms with E-state index in [0.29, 0.717) is 0 Å². The Kier molecular flexibility index (Phi) is 18.4. The van der Waals surface area contributed by atoms with E-state index in [9.17, 15) is 9.59 Å². The van der Waals surface area contributed by atoms with Crippen LogP contribution in [0.3, 0.4) is 0 Å². The van der Waals surface area contributed by atoms with Gasteiger partial charge in [-0.2, -0.15) is 0 Å². The first-order valence-electron chi connectivity index (χ1n) is 2.41. The Hall–Kier alpha value is -0.491. The molecule has 0 amide bonds. The van der Waals surface area contributed by atoms with Crippen molar-refractivity contribution in [1.29, 1.82) is 0 Å². The fourth-order valence-electron chi connectivity index (χ4n) is 0. The van der Waals surface area contributed by atoms with E-state index in [1.165, 1.54) is 27.7 Å². The Bertz CT molecular complexity index is 76.6. The maximum absolute atomic E-state index is 9.44. The predicted molar refractivity (Wildman–Crippen MR) is 40.7 cm³/mol. The number of hydrogen-bond donors (Lipinski definition) is 0. The summed E-state index contributed by atoms with van der Waals surface area (Å²) in [5.41, 5.74) is 0. The van der Waals surface area contributed by atoms with E-state index in [0.717, 1.165) is 0 Å². The van der Waals surface area contributed by atoms with E-state index >= 15 is 0 Å². The van der Waals surface area contributed by atoms with Gasteiger partial charge in [-0.15, -0.1) is 0 Å². The van der Waals surface area contributed by atoms with Crippen molar-refractivity contribution < 1.29 is 12.4 Å². The van der Waals surface area contributed by atoms with Crippen LogP contribution in [0.5, 0.6) is 0 Å². The number of Topliss-reactive ketones (excluding diaryl/α,β-unsaturated/α-hetero) is 2. The van der Waals surface area contributed by atoms with E-state index in [2.05, 4.69) is 0 Å². The summed E-state index contributed by atoms with van der Waals surface area (Å²) in [5.74, 6) is 0.333. The summed E-state index contributed by atoms with van der Waals surface area (Å²) >= 11 is 0. The predicted octanol–water partition coefficient (Wildman–Crippen LogP) is 1.03. The van der Waals surface area contributed by atoms with Gasteiger partial charge < -0.3 is 12.4 Å². The molecule has 0 aromatic heterocycles. The molecule has 0 bridgehead atoms. The van der Waals surface area contributed by atoms with Gasteiger partial charge in [0.1, 0.15) is 11.6 Å². The van der Waals surface area contributed by atoms with E-state index in [1.807, 2.05) is 0 Å². The van der Waals surface area contributed by atoms with Crippen LogP contribution in [0.25, 0.3) is 0 Å². The molecule has 0 atom stereocenters. The second-order valence-electron chi connectivity index (χ2n) is 1.82. The zero-order valence-corrected chi connectivity index (χ0v) is 6.52. The van der Waals surface area contributed by atoms with Crippen molar-refractivity contribution in [2.75, 3.05) is 0 Å². The Morgan fingerprint density at radius 2 is 0.889 bits per heavy atom. The number of carbonyl (C=O) groups is 2. The summed E-state index contributed by atoms with van der Waals surface area (Å²) in [4.78, 5) is 18.9. The van der Waals surface area contributed by atoms with Crippen molar-refractivity contribution in [3.05, 3.63) is 0 Å². The molecule has 0 spiro atoms. The third-order valence-corrected chi connectivity index (χ3v) is 0. The summed E-state index contributed by atoms with van der Waals surface area (Å²) in [7, 11) is 0. The minimum Gasteiger partial charge on any atom is -1.00 e. The molecule has 52 valence electrons. The zero-order chi connectivity index (χ0) is 7.15. The SMILES string of the molecule is CC(C)=O.CC(C)=O.[Be+2].[H-].[H-]. The Balaban J connectivity index is -0.0000000171. The van der Waals surface area contributed by atoms with Crippen LogP contribution < -0.4 is 0 Å². The van der Waals surface area contributed by atoms with Crippen LogP contribution in [0.15, 0.2) is 0 Å². The normalized spacial score (nSPS) is 5.78. The van der Waals surface area contributed by atoms with E-state index < -0.39 is 0 Å². The molecule has 3 heteroatoms. The van der Waals surface area contributed by atoms with Crippen LogP contribution in [0.1, 0.15) is 30.5 Å². The molecule has 9 heavy (non-hydrogen) atoms. The molecular weight excluding hydrogens is 113 g/mol. The first-order valence-corrected chi connectivity index (χ1v) is 2.41. The van der Waals surface area contributed by atoms with Gasteiger partial charge in [0.25, 0.3) is 0 Å². The molecule has 0 N–H and O–H groups in total. The average Bonchev–Trinajstić information content (AvgIpc) is 1.25. The van der Waals surface area contributed by atoms with Gasteiger partial charge in [0, 0.05) is 0 Å². The fraction of sp³-hybridized carbons (Fsp3) is 0.667. The van der Waals surface area contributed by atoms with Crippen molar-refractivity contribution in [1.82, 2.24) is 0 Å². The van der Waals surface area contributed by atoms with E-state index in [1.54, 1.807) is 0 Å². The number of rotatable bonds is 0. The molecule has 0 aliphatic rings.